The van der Waals surface area contributed by atoms with E-state index in [0.29, 0.717) is 11.5 Å². The molecule has 0 aliphatic carbocycles. The number of benzene rings is 1. The molecule has 4 heteroatoms. The average Bonchev–Trinajstić information content (AvgIpc) is 2.50. The predicted molar refractivity (Wildman–Crippen MR) is 59.0 cm³/mol. The summed E-state index contributed by atoms with van der Waals surface area (Å²) in [4.78, 5) is 4.13. The molecule has 2 aromatic rings. The number of rotatable bonds is 3. The van der Waals surface area contributed by atoms with Crippen LogP contribution in [0.4, 0.5) is 10.3 Å². The van der Waals surface area contributed by atoms with Crippen molar-refractivity contribution in [3.63, 3.8) is 0 Å². The Morgan fingerprint density at radius 1 is 1.47 bits per heavy atom. The predicted octanol–water partition coefficient (Wildman–Crippen LogP) is 2.56. The largest absolute Gasteiger partial charge is 0.369 e. The summed E-state index contributed by atoms with van der Waals surface area (Å²) in [6.07, 6.45) is 2.15. The number of nitrogens with zero attached hydrogens (tertiary/aromatic N) is 2. The first-order valence-electron chi connectivity index (χ1n) is 5.13. The van der Waals surface area contributed by atoms with E-state index in [-0.39, 0.29) is 5.82 Å². The van der Waals surface area contributed by atoms with E-state index in [1.807, 2.05) is 4.57 Å². The van der Waals surface area contributed by atoms with Gasteiger partial charge in [-0.15, -0.1) is 0 Å². The van der Waals surface area contributed by atoms with Crippen LogP contribution in [0.2, 0.25) is 0 Å². The number of aromatic nitrogens is 2. The van der Waals surface area contributed by atoms with Gasteiger partial charge in [0.1, 0.15) is 5.82 Å². The third-order valence-electron chi connectivity index (χ3n) is 2.48. The molecule has 1 aromatic heterocycles. The van der Waals surface area contributed by atoms with Gasteiger partial charge in [-0.25, -0.2) is 9.37 Å². The average molecular weight is 207 g/mol. The Morgan fingerprint density at radius 3 is 3.00 bits per heavy atom. The van der Waals surface area contributed by atoms with E-state index in [9.17, 15) is 4.39 Å². The zero-order chi connectivity index (χ0) is 10.8. The van der Waals surface area contributed by atoms with Crippen molar-refractivity contribution in [3.05, 3.63) is 24.0 Å². The van der Waals surface area contributed by atoms with Crippen molar-refractivity contribution in [1.82, 2.24) is 9.55 Å². The highest BCUT2D eigenvalue weighted by molar-refractivity contribution is 5.78. The number of hydrogen-bond donors (Lipinski definition) is 1. The van der Waals surface area contributed by atoms with Crippen LogP contribution in [0, 0.1) is 5.82 Å². The quantitative estimate of drug-likeness (QED) is 0.840. The molecule has 0 amide bonds. The Labute approximate surface area is 87.7 Å². The molecule has 1 heterocycles. The molecule has 2 N–H and O–H groups in total. The van der Waals surface area contributed by atoms with Crippen LogP contribution in [-0.4, -0.2) is 9.55 Å². The van der Waals surface area contributed by atoms with Crippen molar-refractivity contribution in [2.45, 2.75) is 26.3 Å². The van der Waals surface area contributed by atoms with Crippen LogP contribution in [0.15, 0.2) is 18.2 Å². The second-order valence-corrected chi connectivity index (χ2v) is 3.61. The third kappa shape index (κ3) is 1.79. The summed E-state index contributed by atoms with van der Waals surface area (Å²) in [5, 5.41) is 0. The van der Waals surface area contributed by atoms with Crippen molar-refractivity contribution >= 4 is 17.0 Å². The highest BCUT2D eigenvalue weighted by Crippen LogP contribution is 2.19. The van der Waals surface area contributed by atoms with Gasteiger partial charge in [-0.3, -0.25) is 0 Å². The van der Waals surface area contributed by atoms with Crippen LogP contribution in [0.3, 0.4) is 0 Å². The van der Waals surface area contributed by atoms with Crippen molar-refractivity contribution in [1.29, 1.82) is 0 Å². The van der Waals surface area contributed by atoms with Gasteiger partial charge in [0.15, 0.2) is 0 Å². The van der Waals surface area contributed by atoms with E-state index < -0.39 is 0 Å². The molecule has 3 nitrogen and oxygen atoms in total. The minimum atomic E-state index is -0.275. The lowest BCUT2D eigenvalue weighted by atomic mass is 10.3. The summed E-state index contributed by atoms with van der Waals surface area (Å²) in [7, 11) is 0. The lowest BCUT2D eigenvalue weighted by Crippen LogP contribution is -2.02. The molecule has 0 saturated carbocycles. The van der Waals surface area contributed by atoms with E-state index >= 15 is 0 Å². The first kappa shape index (κ1) is 9.96. The Kier molecular flexibility index (Phi) is 2.58. The molecular weight excluding hydrogens is 193 g/mol. The lowest BCUT2D eigenvalue weighted by Gasteiger charge is -2.04. The Balaban J connectivity index is 2.48. The van der Waals surface area contributed by atoms with E-state index in [2.05, 4.69) is 11.9 Å². The zero-order valence-electron chi connectivity index (χ0n) is 8.70. The van der Waals surface area contributed by atoms with Crippen molar-refractivity contribution < 1.29 is 4.39 Å². The number of imidazole rings is 1. The van der Waals surface area contributed by atoms with Crippen LogP contribution < -0.4 is 5.73 Å². The molecule has 80 valence electrons. The number of hydrogen-bond acceptors (Lipinski definition) is 2. The smallest absolute Gasteiger partial charge is 0.201 e. The summed E-state index contributed by atoms with van der Waals surface area (Å²) < 4.78 is 14.9. The summed E-state index contributed by atoms with van der Waals surface area (Å²) in [5.74, 6) is 0.187. The number of aryl methyl sites for hydroxylation is 1. The minimum absolute atomic E-state index is 0.275. The molecule has 0 saturated heterocycles. The van der Waals surface area contributed by atoms with Gasteiger partial charge < -0.3 is 10.3 Å². The number of nitrogens with two attached hydrogens (primary N) is 1. The molecule has 0 aliphatic heterocycles. The summed E-state index contributed by atoms with van der Waals surface area (Å²) in [6.45, 7) is 2.96. The van der Waals surface area contributed by atoms with Gasteiger partial charge in [-0.1, -0.05) is 13.3 Å². The van der Waals surface area contributed by atoms with Crippen molar-refractivity contribution in [2.75, 3.05) is 5.73 Å². The molecule has 15 heavy (non-hydrogen) atoms. The fourth-order valence-electron chi connectivity index (χ4n) is 1.67. The summed E-state index contributed by atoms with van der Waals surface area (Å²) >= 11 is 0. The Hall–Kier alpha value is -1.58. The zero-order valence-corrected chi connectivity index (χ0v) is 8.70. The highest BCUT2D eigenvalue weighted by Gasteiger charge is 2.07. The second kappa shape index (κ2) is 3.88. The van der Waals surface area contributed by atoms with E-state index in [1.165, 1.54) is 12.1 Å². The number of unbranched alkanes of at least 4 members (excludes halogenated alkanes) is 1. The van der Waals surface area contributed by atoms with E-state index in [1.54, 1.807) is 6.07 Å². The molecular formula is C11H14FN3. The van der Waals surface area contributed by atoms with Crippen LogP contribution in [0.1, 0.15) is 19.8 Å². The number of nitrogen functional groups attached to an aromatic ring is 1. The second-order valence-electron chi connectivity index (χ2n) is 3.61. The molecule has 0 unspecified atom stereocenters. The SMILES string of the molecule is CCCCn1c(N)nc2cc(F)ccc21. The fraction of sp³-hybridized carbons (Fsp3) is 0.364. The van der Waals surface area contributed by atoms with Gasteiger partial charge in [0.05, 0.1) is 11.0 Å². The molecule has 1 aromatic carbocycles. The molecule has 0 radical (unpaired) electrons. The highest BCUT2D eigenvalue weighted by atomic mass is 19.1. The molecule has 0 fully saturated rings. The molecule has 0 aliphatic rings. The van der Waals surface area contributed by atoms with Gasteiger partial charge in [-0.05, 0) is 18.6 Å². The maximum atomic E-state index is 12.9. The normalized spacial score (nSPS) is 11.1. The van der Waals surface area contributed by atoms with Gasteiger partial charge in [-0.2, -0.15) is 0 Å². The summed E-state index contributed by atoms with van der Waals surface area (Å²) in [6, 6.07) is 4.57. The van der Waals surface area contributed by atoms with Gasteiger partial charge >= 0.3 is 0 Å². The Morgan fingerprint density at radius 2 is 2.27 bits per heavy atom. The molecule has 2 rings (SSSR count). The monoisotopic (exact) mass is 207 g/mol. The standard InChI is InChI=1S/C11H14FN3/c1-2-3-6-15-10-5-4-8(12)7-9(10)14-11(15)13/h4-5,7H,2-3,6H2,1H3,(H2,13,14). The van der Waals surface area contributed by atoms with E-state index in [0.717, 1.165) is 24.9 Å². The van der Waals surface area contributed by atoms with Crippen molar-refractivity contribution in [2.24, 2.45) is 0 Å². The first-order chi connectivity index (χ1) is 7.22. The topological polar surface area (TPSA) is 43.8 Å². The lowest BCUT2D eigenvalue weighted by molar-refractivity contribution is 0.628. The maximum Gasteiger partial charge on any atom is 0.201 e. The first-order valence-corrected chi connectivity index (χ1v) is 5.13. The fourth-order valence-corrected chi connectivity index (χ4v) is 1.67. The van der Waals surface area contributed by atoms with E-state index in [4.69, 9.17) is 5.73 Å². The van der Waals surface area contributed by atoms with Gasteiger partial charge in [0.2, 0.25) is 5.95 Å². The van der Waals surface area contributed by atoms with Gasteiger partial charge in [0, 0.05) is 12.6 Å². The van der Waals surface area contributed by atoms with Crippen molar-refractivity contribution in [3.8, 4) is 0 Å². The minimum Gasteiger partial charge on any atom is -0.369 e. The van der Waals surface area contributed by atoms with Crippen LogP contribution in [-0.2, 0) is 6.54 Å². The van der Waals surface area contributed by atoms with Crippen LogP contribution in [0.25, 0.3) is 11.0 Å². The summed E-state index contributed by atoms with van der Waals surface area (Å²) in [5.41, 5.74) is 7.31. The number of fused-ring (bicyclic) bond motifs is 1. The molecule has 0 atom stereocenters. The van der Waals surface area contributed by atoms with Crippen LogP contribution >= 0.6 is 0 Å². The maximum absolute atomic E-state index is 12.9. The van der Waals surface area contributed by atoms with Gasteiger partial charge in [0.25, 0.3) is 0 Å². The Bertz CT molecular complexity index is 476. The number of halogens is 1. The third-order valence-corrected chi connectivity index (χ3v) is 2.48. The molecule has 0 spiro atoms. The molecule has 0 bridgehead atoms. The van der Waals surface area contributed by atoms with Crippen LogP contribution in [0.5, 0.6) is 0 Å². The number of anilines is 1.